The van der Waals surface area contributed by atoms with Crippen molar-refractivity contribution >= 4 is 16.5 Å². The molecule has 3 aromatic carbocycles. The van der Waals surface area contributed by atoms with Gasteiger partial charge in [0, 0.05) is 11.3 Å². The third-order valence-corrected chi connectivity index (χ3v) is 3.12. The molecule has 0 aromatic heterocycles. The molecule has 0 heterocycles. The summed E-state index contributed by atoms with van der Waals surface area (Å²) in [7, 11) is 0. The van der Waals surface area contributed by atoms with Crippen LogP contribution in [0.1, 0.15) is 0 Å². The molecular formula is C16H13NO. The quantitative estimate of drug-likeness (QED) is 0.498. The maximum absolute atomic E-state index is 9.62. The van der Waals surface area contributed by atoms with E-state index in [1.807, 2.05) is 24.3 Å². The van der Waals surface area contributed by atoms with Crippen LogP contribution in [0.3, 0.4) is 0 Å². The van der Waals surface area contributed by atoms with Crippen molar-refractivity contribution in [3.8, 4) is 16.9 Å². The van der Waals surface area contributed by atoms with E-state index < -0.39 is 0 Å². The summed E-state index contributed by atoms with van der Waals surface area (Å²) in [5.41, 5.74) is 8.58. The van der Waals surface area contributed by atoms with E-state index in [2.05, 4.69) is 18.2 Å². The van der Waals surface area contributed by atoms with Gasteiger partial charge in [0.25, 0.3) is 0 Å². The lowest BCUT2D eigenvalue weighted by atomic mass is 9.97. The van der Waals surface area contributed by atoms with Gasteiger partial charge in [0.05, 0.1) is 0 Å². The molecule has 0 saturated heterocycles. The number of hydrogen-bond donors (Lipinski definition) is 2. The van der Waals surface area contributed by atoms with E-state index in [-0.39, 0.29) is 5.75 Å². The Hall–Kier alpha value is -2.48. The predicted molar refractivity (Wildman–Crippen MR) is 75.5 cm³/mol. The molecule has 2 heteroatoms. The zero-order valence-corrected chi connectivity index (χ0v) is 9.80. The molecule has 2 nitrogen and oxygen atoms in total. The van der Waals surface area contributed by atoms with E-state index >= 15 is 0 Å². The Kier molecular flexibility index (Phi) is 2.41. The molecule has 0 spiro atoms. The first-order valence-corrected chi connectivity index (χ1v) is 5.82. The number of anilines is 1. The van der Waals surface area contributed by atoms with Gasteiger partial charge < -0.3 is 10.8 Å². The highest BCUT2D eigenvalue weighted by atomic mass is 16.3. The van der Waals surface area contributed by atoms with Gasteiger partial charge in [0.2, 0.25) is 0 Å². The maximum atomic E-state index is 9.62. The fourth-order valence-corrected chi connectivity index (χ4v) is 2.24. The average molecular weight is 235 g/mol. The van der Waals surface area contributed by atoms with Gasteiger partial charge in [-0.3, -0.25) is 0 Å². The minimum Gasteiger partial charge on any atom is -0.508 e. The van der Waals surface area contributed by atoms with Gasteiger partial charge in [0.15, 0.2) is 0 Å². The summed E-state index contributed by atoms with van der Waals surface area (Å²) < 4.78 is 0. The molecule has 0 aliphatic carbocycles. The van der Waals surface area contributed by atoms with Crippen LogP contribution in [0.5, 0.6) is 5.75 Å². The minimum atomic E-state index is 0.229. The zero-order chi connectivity index (χ0) is 12.5. The summed E-state index contributed by atoms with van der Waals surface area (Å²) in [6, 6.07) is 19.3. The second kappa shape index (κ2) is 4.08. The van der Waals surface area contributed by atoms with E-state index in [0.29, 0.717) is 5.69 Å². The van der Waals surface area contributed by atoms with E-state index in [1.54, 1.807) is 18.2 Å². The molecule has 88 valence electrons. The minimum absolute atomic E-state index is 0.229. The van der Waals surface area contributed by atoms with Gasteiger partial charge in [-0.05, 0) is 34.5 Å². The molecule has 3 aromatic rings. The second-order valence-corrected chi connectivity index (χ2v) is 4.30. The van der Waals surface area contributed by atoms with Crippen molar-refractivity contribution in [2.75, 3.05) is 5.73 Å². The third kappa shape index (κ3) is 1.68. The molecule has 0 aliphatic heterocycles. The summed E-state index contributed by atoms with van der Waals surface area (Å²) >= 11 is 0. The SMILES string of the molecule is Nc1ccc(O)cc1-c1cccc2ccccc12. The number of aromatic hydroxyl groups is 1. The maximum Gasteiger partial charge on any atom is 0.116 e. The average Bonchev–Trinajstić information content (AvgIpc) is 2.41. The Bertz CT molecular complexity index is 714. The van der Waals surface area contributed by atoms with E-state index in [1.165, 1.54) is 0 Å². The lowest BCUT2D eigenvalue weighted by Crippen LogP contribution is -1.90. The van der Waals surface area contributed by atoms with Gasteiger partial charge in [-0.2, -0.15) is 0 Å². The summed E-state index contributed by atoms with van der Waals surface area (Å²) in [5.74, 6) is 0.229. The molecule has 0 atom stereocenters. The highest BCUT2D eigenvalue weighted by Crippen LogP contribution is 2.34. The molecule has 0 saturated carbocycles. The van der Waals surface area contributed by atoms with Crippen LogP contribution in [0.4, 0.5) is 5.69 Å². The highest BCUT2D eigenvalue weighted by Gasteiger charge is 2.07. The first kappa shape index (κ1) is 10.7. The van der Waals surface area contributed by atoms with Crippen LogP contribution in [-0.2, 0) is 0 Å². The van der Waals surface area contributed by atoms with Crippen molar-refractivity contribution < 1.29 is 5.11 Å². The monoisotopic (exact) mass is 235 g/mol. The fourth-order valence-electron chi connectivity index (χ4n) is 2.24. The third-order valence-electron chi connectivity index (χ3n) is 3.12. The Morgan fingerprint density at radius 1 is 0.778 bits per heavy atom. The van der Waals surface area contributed by atoms with Crippen LogP contribution in [0.2, 0.25) is 0 Å². The normalized spacial score (nSPS) is 10.7. The van der Waals surface area contributed by atoms with Crippen molar-refractivity contribution in [3.63, 3.8) is 0 Å². The zero-order valence-electron chi connectivity index (χ0n) is 9.80. The Balaban J connectivity index is 2.35. The fraction of sp³-hybridized carbons (Fsp3) is 0. The molecule has 18 heavy (non-hydrogen) atoms. The number of nitrogen functional groups attached to an aromatic ring is 1. The highest BCUT2D eigenvalue weighted by molar-refractivity contribution is 5.99. The van der Waals surface area contributed by atoms with Crippen LogP contribution in [0.25, 0.3) is 21.9 Å². The number of rotatable bonds is 1. The molecule has 3 N–H and O–H groups in total. The van der Waals surface area contributed by atoms with Gasteiger partial charge in [-0.25, -0.2) is 0 Å². The number of hydrogen-bond acceptors (Lipinski definition) is 2. The van der Waals surface area contributed by atoms with Crippen molar-refractivity contribution in [1.82, 2.24) is 0 Å². The van der Waals surface area contributed by atoms with Crippen LogP contribution < -0.4 is 5.73 Å². The van der Waals surface area contributed by atoms with Crippen LogP contribution in [0.15, 0.2) is 60.7 Å². The largest absolute Gasteiger partial charge is 0.508 e. The molecular weight excluding hydrogens is 222 g/mol. The Morgan fingerprint density at radius 3 is 2.44 bits per heavy atom. The van der Waals surface area contributed by atoms with Gasteiger partial charge in [0.1, 0.15) is 5.75 Å². The van der Waals surface area contributed by atoms with E-state index in [9.17, 15) is 5.11 Å². The van der Waals surface area contributed by atoms with Crippen LogP contribution in [-0.4, -0.2) is 5.11 Å². The standard InChI is InChI=1S/C16H13NO/c17-16-9-8-12(18)10-15(16)14-7-3-5-11-4-1-2-6-13(11)14/h1-10,18H,17H2. The van der Waals surface area contributed by atoms with E-state index in [0.717, 1.165) is 21.9 Å². The van der Waals surface area contributed by atoms with Crippen molar-refractivity contribution in [1.29, 1.82) is 0 Å². The molecule has 0 aliphatic rings. The van der Waals surface area contributed by atoms with Gasteiger partial charge in [-0.1, -0.05) is 42.5 Å². The lowest BCUT2D eigenvalue weighted by Gasteiger charge is -2.10. The molecule has 0 bridgehead atoms. The molecule has 0 radical (unpaired) electrons. The summed E-state index contributed by atoms with van der Waals surface area (Å²) in [6.45, 7) is 0. The van der Waals surface area contributed by atoms with E-state index in [4.69, 9.17) is 5.73 Å². The van der Waals surface area contributed by atoms with Gasteiger partial charge in [-0.15, -0.1) is 0 Å². The first-order chi connectivity index (χ1) is 8.75. The summed E-state index contributed by atoms with van der Waals surface area (Å²) in [5, 5.41) is 11.9. The summed E-state index contributed by atoms with van der Waals surface area (Å²) in [6.07, 6.45) is 0. The van der Waals surface area contributed by atoms with Crippen molar-refractivity contribution in [2.45, 2.75) is 0 Å². The molecule has 0 unspecified atom stereocenters. The number of phenolic OH excluding ortho intramolecular Hbond substituents is 1. The Labute approximate surface area is 105 Å². The molecule has 0 fully saturated rings. The summed E-state index contributed by atoms with van der Waals surface area (Å²) in [4.78, 5) is 0. The number of fused-ring (bicyclic) bond motifs is 1. The van der Waals surface area contributed by atoms with Crippen molar-refractivity contribution in [2.24, 2.45) is 0 Å². The van der Waals surface area contributed by atoms with Crippen LogP contribution in [0, 0.1) is 0 Å². The number of nitrogens with two attached hydrogens (primary N) is 1. The van der Waals surface area contributed by atoms with Crippen molar-refractivity contribution in [3.05, 3.63) is 60.7 Å². The van der Waals surface area contributed by atoms with Crippen LogP contribution >= 0.6 is 0 Å². The topological polar surface area (TPSA) is 46.2 Å². The number of phenols is 1. The van der Waals surface area contributed by atoms with Gasteiger partial charge >= 0.3 is 0 Å². The Morgan fingerprint density at radius 2 is 1.56 bits per heavy atom. The second-order valence-electron chi connectivity index (χ2n) is 4.30. The lowest BCUT2D eigenvalue weighted by molar-refractivity contribution is 0.475. The molecule has 3 rings (SSSR count). The first-order valence-electron chi connectivity index (χ1n) is 5.82. The smallest absolute Gasteiger partial charge is 0.116 e. The number of benzene rings is 3. The molecule has 0 amide bonds. The predicted octanol–water partition coefficient (Wildman–Crippen LogP) is 3.79.